The van der Waals surface area contributed by atoms with Crippen LogP contribution in [0, 0.1) is 0 Å². The van der Waals surface area contributed by atoms with Crippen LogP contribution in [-0.4, -0.2) is 33.5 Å². The zero-order chi connectivity index (χ0) is 16.3. The molecule has 0 heterocycles. The van der Waals surface area contributed by atoms with Gasteiger partial charge in [0.2, 0.25) is 15.9 Å². The molecule has 0 unspecified atom stereocenters. The zero-order valence-electron chi connectivity index (χ0n) is 12.6. The van der Waals surface area contributed by atoms with Crippen molar-refractivity contribution < 1.29 is 17.9 Å². The first-order chi connectivity index (χ1) is 9.61. The maximum Gasteiger partial charge on any atom is 0.241 e. The van der Waals surface area contributed by atoms with Gasteiger partial charge in [-0.25, -0.2) is 13.1 Å². The predicted molar refractivity (Wildman–Crippen MR) is 80.8 cm³/mol. The fraction of sp³-hybridized carbons (Fsp3) is 0.462. The van der Waals surface area contributed by atoms with Gasteiger partial charge >= 0.3 is 0 Å². The molecule has 0 aliphatic carbocycles. The SMILES string of the molecule is COc1ccc(S(=O)(=O)NC(C)(C)CN)cc1NC(C)=O. The van der Waals surface area contributed by atoms with Crippen molar-refractivity contribution in [3.63, 3.8) is 0 Å². The van der Waals surface area contributed by atoms with Crippen LogP contribution in [0.3, 0.4) is 0 Å². The summed E-state index contributed by atoms with van der Waals surface area (Å²) in [6.45, 7) is 4.85. The molecule has 21 heavy (non-hydrogen) atoms. The quantitative estimate of drug-likeness (QED) is 0.714. The van der Waals surface area contributed by atoms with Gasteiger partial charge < -0.3 is 15.8 Å². The van der Waals surface area contributed by atoms with Crippen LogP contribution in [0.4, 0.5) is 5.69 Å². The van der Waals surface area contributed by atoms with Gasteiger partial charge in [-0.2, -0.15) is 0 Å². The largest absolute Gasteiger partial charge is 0.495 e. The van der Waals surface area contributed by atoms with E-state index in [0.717, 1.165) is 0 Å². The molecule has 7 nitrogen and oxygen atoms in total. The topological polar surface area (TPSA) is 111 Å². The molecule has 0 aliphatic rings. The minimum atomic E-state index is -3.75. The van der Waals surface area contributed by atoms with Crippen molar-refractivity contribution in [2.75, 3.05) is 19.0 Å². The Morgan fingerprint density at radius 3 is 2.48 bits per heavy atom. The molecule has 0 aliphatic heterocycles. The molecule has 0 atom stereocenters. The van der Waals surface area contributed by atoms with E-state index >= 15 is 0 Å². The molecule has 0 bridgehead atoms. The number of anilines is 1. The maximum absolute atomic E-state index is 12.3. The van der Waals surface area contributed by atoms with Crippen molar-refractivity contribution in [1.82, 2.24) is 4.72 Å². The molecule has 0 fully saturated rings. The van der Waals surface area contributed by atoms with Gasteiger partial charge in [-0.3, -0.25) is 4.79 Å². The van der Waals surface area contributed by atoms with E-state index in [-0.39, 0.29) is 17.3 Å². The van der Waals surface area contributed by atoms with E-state index in [2.05, 4.69) is 10.0 Å². The summed E-state index contributed by atoms with van der Waals surface area (Å²) in [4.78, 5) is 11.2. The lowest BCUT2D eigenvalue weighted by Gasteiger charge is -2.24. The number of ether oxygens (including phenoxy) is 1. The maximum atomic E-state index is 12.3. The molecule has 4 N–H and O–H groups in total. The van der Waals surface area contributed by atoms with E-state index in [9.17, 15) is 13.2 Å². The molecule has 0 radical (unpaired) electrons. The fourth-order valence-corrected chi connectivity index (χ4v) is 3.05. The molecule has 118 valence electrons. The Kier molecular flexibility index (Phi) is 5.32. The van der Waals surface area contributed by atoms with Crippen LogP contribution in [0.1, 0.15) is 20.8 Å². The second-order valence-electron chi connectivity index (χ2n) is 5.24. The minimum absolute atomic E-state index is 0.0218. The highest BCUT2D eigenvalue weighted by Crippen LogP contribution is 2.27. The van der Waals surface area contributed by atoms with Gasteiger partial charge in [-0.05, 0) is 32.0 Å². The van der Waals surface area contributed by atoms with Gasteiger partial charge in [-0.1, -0.05) is 0 Å². The fourth-order valence-electron chi connectivity index (χ4n) is 1.61. The van der Waals surface area contributed by atoms with Gasteiger partial charge in [0.25, 0.3) is 0 Å². The number of carbonyl (C=O) groups is 1. The average molecular weight is 315 g/mol. The van der Waals surface area contributed by atoms with Crippen LogP contribution in [-0.2, 0) is 14.8 Å². The summed E-state index contributed by atoms with van der Waals surface area (Å²) >= 11 is 0. The van der Waals surface area contributed by atoms with Gasteiger partial charge in [0.05, 0.1) is 17.7 Å². The van der Waals surface area contributed by atoms with Crippen LogP contribution in [0.2, 0.25) is 0 Å². The van der Waals surface area contributed by atoms with Gasteiger partial charge in [0.15, 0.2) is 0 Å². The van der Waals surface area contributed by atoms with Crippen molar-refractivity contribution in [3.8, 4) is 5.75 Å². The summed E-state index contributed by atoms with van der Waals surface area (Å²) in [5, 5.41) is 2.53. The Morgan fingerprint density at radius 1 is 1.38 bits per heavy atom. The molecule has 1 aromatic carbocycles. The van der Waals surface area contributed by atoms with E-state index in [1.807, 2.05) is 0 Å². The molecular formula is C13H21N3O4S. The van der Waals surface area contributed by atoms with Crippen LogP contribution >= 0.6 is 0 Å². The average Bonchev–Trinajstić information content (AvgIpc) is 2.36. The summed E-state index contributed by atoms with van der Waals surface area (Å²) in [7, 11) is -2.32. The third-order valence-electron chi connectivity index (χ3n) is 2.71. The minimum Gasteiger partial charge on any atom is -0.495 e. The van der Waals surface area contributed by atoms with E-state index in [0.29, 0.717) is 11.4 Å². The number of hydrogen-bond donors (Lipinski definition) is 3. The predicted octanol–water partition coefficient (Wildman–Crippen LogP) is 0.669. The van der Waals surface area contributed by atoms with Gasteiger partial charge in [0, 0.05) is 19.0 Å². The Morgan fingerprint density at radius 2 is 2.00 bits per heavy atom. The standard InChI is InChI=1S/C13H21N3O4S/c1-9(17)15-11-7-10(5-6-12(11)20-4)21(18,19)16-13(2,3)8-14/h5-7,16H,8,14H2,1-4H3,(H,15,17). The third kappa shape index (κ3) is 4.69. The number of carbonyl (C=O) groups excluding carboxylic acids is 1. The smallest absolute Gasteiger partial charge is 0.241 e. The molecule has 0 aromatic heterocycles. The number of amides is 1. The molecule has 0 saturated carbocycles. The van der Waals surface area contributed by atoms with Crippen LogP contribution < -0.4 is 20.5 Å². The Bertz CT molecular complexity index is 626. The number of nitrogens with two attached hydrogens (primary N) is 1. The number of sulfonamides is 1. The van der Waals surface area contributed by atoms with E-state index < -0.39 is 15.6 Å². The number of nitrogens with one attached hydrogen (secondary N) is 2. The van der Waals surface area contributed by atoms with Crippen LogP contribution in [0.25, 0.3) is 0 Å². The first-order valence-electron chi connectivity index (χ1n) is 6.31. The Balaban J connectivity index is 3.22. The lowest BCUT2D eigenvalue weighted by Crippen LogP contribution is -2.48. The summed E-state index contributed by atoms with van der Waals surface area (Å²) in [6.07, 6.45) is 0. The van der Waals surface area contributed by atoms with Gasteiger partial charge in [0.1, 0.15) is 5.75 Å². The summed E-state index contributed by atoms with van der Waals surface area (Å²) < 4.78 is 32.2. The number of benzene rings is 1. The molecule has 0 spiro atoms. The summed E-state index contributed by atoms with van der Waals surface area (Å²) in [5.74, 6) is 0.0559. The lowest BCUT2D eigenvalue weighted by atomic mass is 10.1. The lowest BCUT2D eigenvalue weighted by molar-refractivity contribution is -0.114. The molecule has 1 aromatic rings. The number of rotatable bonds is 6. The normalized spacial score (nSPS) is 12.0. The molecule has 1 amide bonds. The van der Waals surface area contributed by atoms with Crippen molar-refractivity contribution in [3.05, 3.63) is 18.2 Å². The van der Waals surface area contributed by atoms with Crippen molar-refractivity contribution in [2.45, 2.75) is 31.2 Å². The van der Waals surface area contributed by atoms with Crippen LogP contribution in [0.15, 0.2) is 23.1 Å². The second kappa shape index (κ2) is 6.42. The van der Waals surface area contributed by atoms with Crippen molar-refractivity contribution >= 4 is 21.6 Å². The van der Waals surface area contributed by atoms with E-state index in [4.69, 9.17) is 10.5 Å². The zero-order valence-corrected chi connectivity index (χ0v) is 13.4. The molecule has 0 saturated heterocycles. The molecule has 1 rings (SSSR count). The van der Waals surface area contributed by atoms with Crippen LogP contribution in [0.5, 0.6) is 5.75 Å². The summed E-state index contributed by atoms with van der Waals surface area (Å²) in [6, 6.07) is 4.23. The Labute approximate surface area is 124 Å². The van der Waals surface area contributed by atoms with E-state index in [1.165, 1.54) is 32.2 Å². The highest BCUT2D eigenvalue weighted by molar-refractivity contribution is 7.89. The highest BCUT2D eigenvalue weighted by Gasteiger charge is 2.25. The highest BCUT2D eigenvalue weighted by atomic mass is 32.2. The Hall–Kier alpha value is -1.64. The van der Waals surface area contributed by atoms with E-state index in [1.54, 1.807) is 13.8 Å². The van der Waals surface area contributed by atoms with Crippen molar-refractivity contribution in [2.24, 2.45) is 5.73 Å². The first kappa shape index (κ1) is 17.4. The van der Waals surface area contributed by atoms with Gasteiger partial charge in [-0.15, -0.1) is 0 Å². The third-order valence-corrected chi connectivity index (χ3v) is 4.41. The number of hydrogen-bond acceptors (Lipinski definition) is 5. The monoisotopic (exact) mass is 315 g/mol. The summed E-state index contributed by atoms with van der Waals surface area (Å²) in [5.41, 5.74) is 5.05. The molecular weight excluding hydrogens is 294 g/mol. The second-order valence-corrected chi connectivity index (χ2v) is 6.92. The number of methoxy groups -OCH3 is 1. The first-order valence-corrected chi connectivity index (χ1v) is 7.79. The molecule has 8 heteroatoms. The van der Waals surface area contributed by atoms with Crippen molar-refractivity contribution in [1.29, 1.82) is 0 Å².